The third-order valence-electron chi connectivity index (χ3n) is 11.9. The van der Waals surface area contributed by atoms with E-state index in [1.54, 1.807) is 0 Å². The van der Waals surface area contributed by atoms with E-state index in [0.717, 1.165) is 44.9 Å². The minimum Gasteiger partial charge on any atom is -0.466 e. The third-order valence-corrected chi connectivity index (χ3v) is 11.9. The van der Waals surface area contributed by atoms with Crippen LogP contribution in [0, 0.1) is 0 Å². The average molecular weight is 794 g/mol. The molecule has 0 fully saturated rings. The van der Waals surface area contributed by atoms with Crippen molar-refractivity contribution in [3.63, 3.8) is 0 Å². The Hall–Kier alpha value is -1.14. The van der Waals surface area contributed by atoms with Gasteiger partial charge in [-0.3, -0.25) is 9.59 Å². The Balaban J connectivity index is 3.38. The quantitative estimate of drug-likeness (QED) is 0.0421. The van der Waals surface area contributed by atoms with Gasteiger partial charge in [-0.2, -0.15) is 0 Å². The molecule has 1 amide bonds. The smallest absolute Gasteiger partial charge is 0.305 e. The van der Waals surface area contributed by atoms with Crippen LogP contribution in [-0.4, -0.2) is 47.4 Å². The van der Waals surface area contributed by atoms with Crippen LogP contribution in [0.25, 0.3) is 0 Å². The maximum absolute atomic E-state index is 12.4. The highest BCUT2D eigenvalue weighted by molar-refractivity contribution is 5.76. The third kappa shape index (κ3) is 42.5. The molecule has 2 unspecified atom stereocenters. The number of rotatable bonds is 47. The molecule has 6 nitrogen and oxygen atoms in total. The van der Waals surface area contributed by atoms with Crippen molar-refractivity contribution in [3.05, 3.63) is 0 Å². The standard InChI is InChI=1S/C50H99NO5/c1-3-5-7-9-11-13-14-15-17-21-24-28-32-36-40-44-50(55)56-45-41-37-33-29-25-22-19-16-18-20-23-27-31-35-39-43-49(54)51-47(46-52)48(53)42-38-34-30-26-12-10-8-6-4-2/h47-48,52-53H,3-46H2,1-2H3,(H,51,54). The van der Waals surface area contributed by atoms with Crippen LogP contribution < -0.4 is 5.32 Å². The van der Waals surface area contributed by atoms with Crippen molar-refractivity contribution in [2.75, 3.05) is 13.2 Å². The fourth-order valence-electron chi connectivity index (χ4n) is 7.99. The van der Waals surface area contributed by atoms with Crippen molar-refractivity contribution in [1.29, 1.82) is 0 Å². The SMILES string of the molecule is CCCCCCCCCCCCCCCCCC(=O)OCCCCCCCCCCCCCCCCCC(=O)NC(CO)C(O)CCCCCCCCCCC. The number of aliphatic hydroxyl groups is 2. The second-order valence-electron chi connectivity index (χ2n) is 17.5. The van der Waals surface area contributed by atoms with Crippen LogP contribution in [-0.2, 0) is 14.3 Å². The number of hydrogen-bond acceptors (Lipinski definition) is 5. The summed E-state index contributed by atoms with van der Waals surface area (Å²) >= 11 is 0. The number of nitrogens with one attached hydrogen (secondary N) is 1. The zero-order valence-electron chi connectivity index (χ0n) is 37.9. The molecule has 0 radical (unpaired) electrons. The molecule has 0 heterocycles. The molecule has 0 saturated carbocycles. The minimum atomic E-state index is -0.666. The van der Waals surface area contributed by atoms with Crippen molar-refractivity contribution in [2.45, 2.75) is 296 Å². The summed E-state index contributed by atoms with van der Waals surface area (Å²) in [5.74, 6) is -0.0412. The van der Waals surface area contributed by atoms with Gasteiger partial charge >= 0.3 is 5.97 Å². The first kappa shape index (κ1) is 54.9. The highest BCUT2D eigenvalue weighted by atomic mass is 16.5. The van der Waals surface area contributed by atoms with Crippen LogP contribution in [0.4, 0.5) is 0 Å². The van der Waals surface area contributed by atoms with Crippen LogP contribution in [0.15, 0.2) is 0 Å². The van der Waals surface area contributed by atoms with Crippen LogP contribution in [0.5, 0.6) is 0 Å². The van der Waals surface area contributed by atoms with Gasteiger partial charge in [0.2, 0.25) is 5.91 Å². The molecule has 0 aromatic rings. The van der Waals surface area contributed by atoms with Gasteiger partial charge in [-0.1, -0.05) is 245 Å². The molecule has 0 bridgehead atoms. The predicted octanol–water partition coefficient (Wildman–Crippen LogP) is 14.8. The van der Waals surface area contributed by atoms with E-state index >= 15 is 0 Å². The number of carbonyl (C=O) groups is 2. The van der Waals surface area contributed by atoms with Gasteiger partial charge in [-0.15, -0.1) is 0 Å². The van der Waals surface area contributed by atoms with E-state index in [2.05, 4.69) is 19.2 Å². The number of carbonyl (C=O) groups excluding carboxylic acids is 2. The highest BCUT2D eigenvalue weighted by Crippen LogP contribution is 2.17. The first-order chi connectivity index (χ1) is 27.5. The Morgan fingerprint density at radius 1 is 0.429 bits per heavy atom. The second kappa shape index (κ2) is 46.5. The molecule has 3 N–H and O–H groups in total. The molecular formula is C50H99NO5. The Kier molecular flexibility index (Phi) is 45.6. The summed E-state index contributed by atoms with van der Waals surface area (Å²) in [7, 11) is 0. The number of unbranched alkanes of at least 4 members (excludes halogenated alkanes) is 36. The molecule has 0 aromatic heterocycles. The normalized spacial score (nSPS) is 12.6. The fourth-order valence-corrected chi connectivity index (χ4v) is 7.99. The Bertz CT molecular complexity index is 791. The number of amides is 1. The lowest BCUT2D eigenvalue weighted by molar-refractivity contribution is -0.143. The summed E-state index contributed by atoms with van der Waals surface area (Å²) in [6.45, 7) is 4.92. The van der Waals surface area contributed by atoms with Gasteiger partial charge < -0.3 is 20.3 Å². The highest BCUT2D eigenvalue weighted by Gasteiger charge is 2.20. The summed E-state index contributed by atoms with van der Waals surface area (Å²) < 4.78 is 5.47. The van der Waals surface area contributed by atoms with Gasteiger partial charge in [-0.25, -0.2) is 0 Å². The van der Waals surface area contributed by atoms with Crippen LogP contribution in [0.2, 0.25) is 0 Å². The van der Waals surface area contributed by atoms with Crippen LogP contribution >= 0.6 is 0 Å². The molecule has 0 aliphatic carbocycles. The number of hydrogen-bond donors (Lipinski definition) is 3. The molecular weight excluding hydrogens is 695 g/mol. The second-order valence-corrected chi connectivity index (χ2v) is 17.5. The first-order valence-electron chi connectivity index (χ1n) is 25.3. The molecule has 0 aliphatic rings. The lowest BCUT2D eigenvalue weighted by Gasteiger charge is -2.22. The van der Waals surface area contributed by atoms with Crippen molar-refractivity contribution in [1.82, 2.24) is 5.32 Å². The summed E-state index contributed by atoms with van der Waals surface area (Å²) in [4.78, 5) is 24.4. The Morgan fingerprint density at radius 2 is 0.732 bits per heavy atom. The van der Waals surface area contributed by atoms with Gasteiger partial charge in [0, 0.05) is 12.8 Å². The largest absolute Gasteiger partial charge is 0.466 e. The Morgan fingerprint density at radius 3 is 1.09 bits per heavy atom. The summed E-state index contributed by atoms with van der Waals surface area (Å²) in [5.41, 5.74) is 0. The molecule has 0 saturated heterocycles. The lowest BCUT2D eigenvalue weighted by Crippen LogP contribution is -2.45. The molecule has 0 aliphatic heterocycles. The molecule has 334 valence electrons. The molecule has 6 heteroatoms. The van der Waals surface area contributed by atoms with Crippen molar-refractivity contribution < 1.29 is 24.5 Å². The monoisotopic (exact) mass is 794 g/mol. The summed E-state index contributed by atoms with van der Waals surface area (Å²) in [5, 5.41) is 23.0. The van der Waals surface area contributed by atoms with Gasteiger partial charge in [0.15, 0.2) is 0 Å². The number of aliphatic hydroxyl groups excluding tert-OH is 2. The van der Waals surface area contributed by atoms with Gasteiger partial charge in [0.1, 0.15) is 0 Å². The summed E-state index contributed by atoms with van der Waals surface area (Å²) in [6, 6.07) is -0.544. The zero-order valence-corrected chi connectivity index (χ0v) is 37.9. The van der Waals surface area contributed by atoms with Gasteiger partial charge in [0.25, 0.3) is 0 Å². The van der Waals surface area contributed by atoms with E-state index in [1.807, 2.05) is 0 Å². The molecule has 0 spiro atoms. The van der Waals surface area contributed by atoms with Crippen LogP contribution in [0.1, 0.15) is 284 Å². The maximum atomic E-state index is 12.4. The maximum Gasteiger partial charge on any atom is 0.305 e. The topological polar surface area (TPSA) is 95.9 Å². The first-order valence-corrected chi connectivity index (χ1v) is 25.3. The van der Waals surface area contributed by atoms with E-state index < -0.39 is 12.1 Å². The number of ether oxygens (including phenoxy) is 1. The van der Waals surface area contributed by atoms with Crippen molar-refractivity contribution in [3.8, 4) is 0 Å². The van der Waals surface area contributed by atoms with Crippen LogP contribution in [0.3, 0.4) is 0 Å². The summed E-state index contributed by atoms with van der Waals surface area (Å²) in [6.07, 6.45) is 50.7. The molecule has 0 rings (SSSR count). The minimum absolute atomic E-state index is 0.00365. The van der Waals surface area contributed by atoms with Gasteiger partial charge in [0.05, 0.1) is 25.4 Å². The van der Waals surface area contributed by atoms with E-state index in [1.165, 1.54) is 205 Å². The molecule has 2 atom stereocenters. The van der Waals surface area contributed by atoms with E-state index in [9.17, 15) is 19.8 Å². The van der Waals surface area contributed by atoms with E-state index in [-0.39, 0.29) is 18.5 Å². The molecule has 56 heavy (non-hydrogen) atoms. The fraction of sp³-hybridized carbons (Fsp3) is 0.960. The Labute approximate surface area is 349 Å². The van der Waals surface area contributed by atoms with E-state index in [0.29, 0.717) is 25.9 Å². The van der Waals surface area contributed by atoms with Gasteiger partial charge in [-0.05, 0) is 25.7 Å². The lowest BCUT2D eigenvalue weighted by atomic mass is 10.0. The van der Waals surface area contributed by atoms with Crippen molar-refractivity contribution in [2.24, 2.45) is 0 Å². The molecule has 0 aromatic carbocycles. The van der Waals surface area contributed by atoms with E-state index in [4.69, 9.17) is 4.74 Å². The zero-order chi connectivity index (χ0) is 40.8. The number of esters is 1. The predicted molar refractivity (Wildman–Crippen MR) is 241 cm³/mol. The van der Waals surface area contributed by atoms with Crippen molar-refractivity contribution >= 4 is 11.9 Å². The average Bonchev–Trinajstić information content (AvgIpc) is 3.20.